The van der Waals surface area contributed by atoms with Crippen molar-refractivity contribution in [3.63, 3.8) is 0 Å². The summed E-state index contributed by atoms with van der Waals surface area (Å²) >= 11 is 0. The van der Waals surface area contributed by atoms with Crippen molar-refractivity contribution in [1.29, 1.82) is 0 Å². The van der Waals surface area contributed by atoms with Crippen LogP contribution in [0.2, 0.25) is 0 Å². The van der Waals surface area contributed by atoms with E-state index in [2.05, 4.69) is 6.07 Å². The molecule has 1 aromatic carbocycles. The van der Waals surface area contributed by atoms with Crippen LogP contribution >= 0.6 is 0 Å². The van der Waals surface area contributed by atoms with Gasteiger partial charge in [-0.05, 0) is 68.4 Å². The van der Waals surface area contributed by atoms with Gasteiger partial charge in [-0.3, -0.25) is 9.59 Å². The van der Waals surface area contributed by atoms with Crippen molar-refractivity contribution in [2.75, 3.05) is 7.11 Å². The van der Waals surface area contributed by atoms with Crippen molar-refractivity contribution in [3.05, 3.63) is 63.1 Å². The second-order valence-corrected chi connectivity index (χ2v) is 7.70. The molecule has 0 bridgehead atoms. The van der Waals surface area contributed by atoms with Gasteiger partial charge >= 0.3 is 0 Å². The first-order valence-electron chi connectivity index (χ1n) is 10.2. The Labute approximate surface area is 174 Å². The van der Waals surface area contributed by atoms with Crippen LogP contribution in [0, 0.1) is 26.2 Å². The zero-order chi connectivity index (χ0) is 21.9. The molecule has 4 nitrogen and oxygen atoms in total. The number of allylic oxidation sites excluding steroid dienone is 4. The molecule has 0 heterocycles. The van der Waals surface area contributed by atoms with Crippen LogP contribution in [-0.4, -0.2) is 23.8 Å². The number of aliphatic hydroxyl groups is 1. The van der Waals surface area contributed by atoms with Crippen LogP contribution in [0.1, 0.15) is 62.3 Å². The van der Waals surface area contributed by atoms with Crippen molar-refractivity contribution < 1.29 is 19.4 Å². The highest BCUT2D eigenvalue weighted by atomic mass is 16.5. The summed E-state index contributed by atoms with van der Waals surface area (Å²) in [5.74, 6) is -0.602. The van der Waals surface area contributed by atoms with Gasteiger partial charge < -0.3 is 9.84 Å². The fourth-order valence-corrected chi connectivity index (χ4v) is 4.18. The molecular formula is C25H32O4. The molecule has 0 spiro atoms. The molecule has 1 aliphatic rings. The quantitative estimate of drug-likeness (QED) is 0.474. The summed E-state index contributed by atoms with van der Waals surface area (Å²) in [5, 5.41) is 10.8. The number of Topliss-reactive ketones (excluding diaryl/α,β-unsaturated/α-hetero) is 1. The number of carbonyl (C=O) groups is 2. The number of aliphatic hydroxyl groups excluding tert-OH is 1. The van der Waals surface area contributed by atoms with Crippen LogP contribution in [0.3, 0.4) is 0 Å². The Bertz CT molecular complexity index is 924. The summed E-state index contributed by atoms with van der Waals surface area (Å²) in [6.45, 7) is 11.8. The first-order valence-corrected chi connectivity index (χ1v) is 10.2. The minimum Gasteiger partial charge on any atom is -0.507 e. The number of ether oxygens (including phenoxy) is 1. The second kappa shape index (κ2) is 8.81. The lowest BCUT2D eigenvalue weighted by Crippen LogP contribution is -2.40. The third-order valence-corrected chi connectivity index (χ3v) is 6.20. The SMILES string of the molecule is CCC1=C(OC)C(CC)(CC)C(=O)C(C(=O)/C=C/c2cc(C)c(C)cc2C)=C1O. The van der Waals surface area contributed by atoms with E-state index in [1.807, 2.05) is 47.6 Å². The van der Waals surface area contributed by atoms with Gasteiger partial charge in [0.1, 0.15) is 17.1 Å². The van der Waals surface area contributed by atoms with Gasteiger partial charge in [-0.15, -0.1) is 0 Å². The van der Waals surface area contributed by atoms with Crippen LogP contribution in [0.15, 0.2) is 40.9 Å². The van der Waals surface area contributed by atoms with E-state index < -0.39 is 11.2 Å². The minimum atomic E-state index is -0.915. The lowest BCUT2D eigenvalue weighted by molar-refractivity contribution is -0.128. The number of hydrogen-bond acceptors (Lipinski definition) is 4. The maximum Gasteiger partial charge on any atom is 0.193 e. The predicted molar refractivity (Wildman–Crippen MR) is 117 cm³/mol. The molecule has 1 aromatic rings. The van der Waals surface area contributed by atoms with Crippen molar-refractivity contribution in [2.24, 2.45) is 5.41 Å². The Morgan fingerprint density at radius 3 is 2.17 bits per heavy atom. The Kier molecular flexibility index (Phi) is 6.89. The molecule has 29 heavy (non-hydrogen) atoms. The van der Waals surface area contributed by atoms with Crippen molar-refractivity contribution in [2.45, 2.75) is 60.8 Å². The number of carbonyl (C=O) groups excluding carboxylic acids is 2. The monoisotopic (exact) mass is 396 g/mol. The van der Waals surface area contributed by atoms with Gasteiger partial charge in [-0.2, -0.15) is 0 Å². The van der Waals surface area contributed by atoms with E-state index in [4.69, 9.17) is 4.74 Å². The first-order chi connectivity index (χ1) is 13.7. The average Bonchev–Trinajstić information content (AvgIpc) is 2.69. The molecule has 0 amide bonds. The zero-order valence-corrected chi connectivity index (χ0v) is 18.6. The molecule has 0 aliphatic heterocycles. The van der Waals surface area contributed by atoms with Crippen LogP contribution in [-0.2, 0) is 14.3 Å². The molecule has 0 radical (unpaired) electrons. The molecule has 156 valence electrons. The van der Waals surface area contributed by atoms with Gasteiger partial charge in [0.25, 0.3) is 0 Å². The predicted octanol–water partition coefficient (Wildman–Crippen LogP) is 5.71. The number of benzene rings is 1. The summed E-state index contributed by atoms with van der Waals surface area (Å²) in [4.78, 5) is 26.4. The largest absolute Gasteiger partial charge is 0.507 e. The van der Waals surface area contributed by atoms with Crippen molar-refractivity contribution in [3.8, 4) is 0 Å². The first kappa shape index (κ1) is 22.7. The highest BCUT2D eigenvalue weighted by molar-refractivity contribution is 6.28. The minimum absolute atomic E-state index is 0.135. The maximum atomic E-state index is 13.4. The highest BCUT2D eigenvalue weighted by Crippen LogP contribution is 2.46. The van der Waals surface area contributed by atoms with Gasteiger partial charge in [-0.25, -0.2) is 0 Å². The summed E-state index contributed by atoms with van der Waals surface area (Å²) in [6, 6.07) is 4.10. The van der Waals surface area contributed by atoms with Crippen molar-refractivity contribution in [1.82, 2.24) is 0 Å². The molecule has 0 saturated carbocycles. The van der Waals surface area contributed by atoms with Crippen LogP contribution in [0.5, 0.6) is 0 Å². The van der Waals surface area contributed by atoms with Gasteiger partial charge in [0.2, 0.25) is 0 Å². The lowest BCUT2D eigenvalue weighted by Gasteiger charge is -2.37. The van der Waals surface area contributed by atoms with Crippen molar-refractivity contribution >= 4 is 17.6 Å². The normalized spacial score (nSPS) is 16.7. The van der Waals surface area contributed by atoms with Gasteiger partial charge in [0.15, 0.2) is 11.6 Å². The molecule has 2 rings (SSSR count). The molecule has 0 aromatic heterocycles. The highest BCUT2D eigenvalue weighted by Gasteiger charge is 2.49. The Morgan fingerprint density at radius 1 is 1.07 bits per heavy atom. The maximum absolute atomic E-state index is 13.4. The topological polar surface area (TPSA) is 63.6 Å². The number of ketones is 2. The Balaban J connectivity index is 2.57. The van der Waals surface area contributed by atoms with Crippen LogP contribution in [0.25, 0.3) is 6.08 Å². The molecule has 0 saturated heterocycles. The van der Waals surface area contributed by atoms with E-state index in [-0.39, 0.29) is 17.1 Å². The van der Waals surface area contributed by atoms with Gasteiger partial charge in [0, 0.05) is 5.57 Å². The van der Waals surface area contributed by atoms with Crippen LogP contribution < -0.4 is 0 Å². The fraction of sp³-hybridized carbons (Fsp3) is 0.440. The molecule has 1 N–H and O–H groups in total. The molecule has 4 heteroatoms. The molecular weight excluding hydrogens is 364 g/mol. The standard InChI is InChI=1S/C25H32O4/c1-8-19-22(27)21(23(28)25(9-2,10-3)24(19)29-7)20(26)12-11-18-14-16(5)15(4)13-17(18)6/h11-14,27H,8-10H2,1-7H3/b12-11+. The smallest absolute Gasteiger partial charge is 0.193 e. The lowest BCUT2D eigenvalue weighted by atomic mass is 9.68. The van der Waals surface area contributed by atoms with E-state index in [1.165, 1.54) is 18.7 Å². The summed E-state index contributed by atoms with van der Waals surface area (Å²) in [5.41, 5.74) is 3.79. The van der Waals surface area contributed by atoms with E-state index in [9.17, 15) is 14.7 Å². The van der Waals surface area contributed by atoms with Gasteiger partial charge in [0.05, 0.1) is 12.5 Å². The Hall–Kier alpha value is -2.62. The average molecular weight is 397 g/mol. The third kappa shape index (κ3) is 3.81. The molecule has 1 aliphatic carbocycles. The van der Waals surface area contributed by atoms with E-state index in [0.29, 0.717) is 30.6 Å². The molecule has 0 unspecified atom stereocenters. The fourth-order valence-electron chi connectivity index (χ4n) is 4.18. The van der Waals surface area contributed by atoms with E-state index >= 15 is 0 Å². The van der Waals surface area contributed by atoms with Gasteiger partial charge in [-0.1, -0.05) is 39.0 Å². The zero-order valence-electron chi connectivity index (χ0n) is 18.6. The number of rotatable bonds is 7. The summed E-state index contributed by atoms with van der Waals surface area (Å²) in [6.07, 6.45) is 4.58. The third-order valence-electron chi connectivity index (χ3n) is 6.20. The number of aryl methyl sites for hydroxylation is 3. The Morgan fingerprint density at radius 2 is 1.66 bits per heavy atom. The number of hydrogen-bond donors (Lipinski definition) is 1. The molecule has 0 atom stereocenters. The van der Waals surface area contributed by atoms with E-state index in [0.717, 1.165) is 16.7 Å². The molecule has 0 fully saturated rings. The second-order valence-electron chi connectivity index (χ2n) is 7.70. The number of methoxy groups -OCH3 is 1. The van der Waals surface area contributed by atoms with E-state index in [1.54, 1.807) is 6.08 Å². The summed E-state index contributed by atoms with van der Waals surface area (Å²) < 4.78 is 5.57. The summed E-state index contributed by atoms with van der Waals surface area (Å²) in [7, 11) is 1.51. The van der Waals surface area contributed by atoms with Crippen LogP contribution in [0.4, 0.5) is 0 Å².